The molecule has 0 fully saturated rings. The summed E-state index contributed by atoms with van der Waals surface area (Å²) in [6, 6.07) is 10.1. The largest absolute Gasteiger partial charge is 0.481 e. The predicted octanol–water partition coefficient (Wildman–Crippen LogP) is 3.56. The van der Waals surface area contributed by atoms with Gasteiger partial charge in [0, 0.05) is 0 Å². The van der Waals surface area contributed by atoms with E-state index in [1.807, 2.05) is 41.9 Å². The molecule has 0 saturated heterocycles. The Morgan fingerprint density at radius 3 is 2.57 bits per heavy atom. The molecule has 0 bridgehead atoms. The summed E-state index contributed by atoms with van der Waals surface area (Å²) in [6.07, 6.45) is 0.888. The maximum Gasteiger partial charge on any atom is 0.313 e. The van der Waals surface area contributed by atoms with Crippen LogP contribution < -0.4 is 0 Å². The standard InChI is InChI=1S/C16H20N2O2S/c1-11(2)8-13-9-15(21-10-16(19)20)18(17-13)14-6-4-12(3)5-7-14/h4-7,9,11H,8,10H2,1-3H3,(H,19,20). The van der Waals surface area contributed by atoms with Gasteiger partial charge in [0.1, 0.15) is 5.03 Å². The number of nitrogens with zero attached hydrogens (tertiary/aromatic N) is 2. The predicted molar refractivity (Wildman–Crippen MR) is 85.2 cm³/mol. The lowest BCUT2D eigenvalue weighted by molar-refractivity contribution is -0.133. The third kappa shape index (κ3) is 4.36. The number of hydrogen-bond acceptors (Lipinski definition) is 3. The number of thioether (sulfide) groups is 1. The van der Waals surface area contributed by atoms with Crippen molar-refractivity contribution in [3.8, 4) is 5.69 Å². The van der Waals surface area contributed by atoms with E-state index in [-0.39, 0.29) is 5.75 Å². The number of carbonyl (C=O) groups is 1. The number of aryl methyl sites for hydroxylation is 1. The van der Waals surface area contributed by atoms with E-state index < -0.39 is 5.97 Å². The normalized spacial score (nSPS) is 11.0. The second kappa shape index (κ2) is 6.80. The van der Waals surface area contributed by atoms with Crippen molar-refractivity contribution in [2.24, 2.45) is 5.92 Å². The summed E-state index contributed by atoms with van der Waals surface area (Å²) >= 11 is 1.30. The molecule has 21 heavy (non-hydrogen) atoms. The van der Waals surface area contributed by atoms with E-state index >= 15 is 0 Å². The number of carboxylic acids is 1. The highest BCUT2D eigenvalue weighted by atomic mass is 32.2. The minimum atomic E-state index is -0.818. The lowest BCUT2D eigenvalue weighted by Crippen LogP contribution is -2.03. The number of benzene rings is 1. The van der Waals surface area contributed by atoms with E-state index in [0.717, 1.165) is 22.8 Å². The summed E-state index contributed by atoms with van der Waals surface area (Å²) < 4.78 is 1.84. The fourth-order valence-corrected chi connectivity index (χ4v) is 2.80. The van der Waals surface area contributed by atoms with Crippen LogP contribution in [0.25, 0.3) is 5.69 Å². The van der Waals surface area contributed by atoms with Gasteiger partial charge < -0.3 is 5.11 Å². The number of aliphatic carboxylic acids is 1. The maximum absolute atomic E-state index is 10.8. The molecule has 2 rings (SSSR count). The molecule has 0 unspecified atom stereocenters. The van der Waals surface area contributed by atoms with Crippen LogP contribution in [0.5, 0.6) is 0 Å². The fraction of sp³-hybridized carbons (Fsp3) is 0.375. The van der Waals surface area contributed by atoms with Crippen molar-refractivity contribution < 1.29 is 9.90 Å². The molecule has 1 N–H and O–H groups in total. The molecule has 0 aliphatic carbocycles. The second-order valence-corrected chi connectivity index (χ2v) is 6.50. The highest BCUT2D eigenvalue weighted by Gasteiger charge is 2.12. The molecule has 1 aromatic heterocycles. The Kier molecular flexibility index (Phi) is 5.07. The van der Waals surface area contributed by atoms with E-state index in [4.69, 9.17) is 5.11 Å². The Balaban J connectivity index is 2.33. The summed E-state index contributed by atoms with van der Waals surface area (Å²) in [5.74, 6) is -0.260. The van der Waals surface area contributed by atoms with E-state index in [1.54, 1.807) is 0 Å². The fourth-order valence-electron chi connectivity index (χ4n) is 2.04. The van der Waals surface area contributed by atoms with Crippen molar-refractivity contribution in [2.75, 3.05) is 5.75 Å². The molecule has 0 spiro atoms. The summed E-state index contributed by atoms with van der Waals surface area (Å²) in [7, 11) is 0. The van der Waals surface area contributed by atoms with Crippen LogP contribution in [0.1, 0.15) is 25.1 Å². The van der Waals surface area contributed by atoms with Crippen molar-refractivity contribution in [1.29, 1.82) is 0 Å². The molecule has 0 saturated carbocycles. The molecule has 0 amide bonds. The van der Waals surface area contributed by atoms with Gasteiger partial charge in [0.2, 0.25) is 0 Å². The van der Waals surface area contributed by atoms with Crippen LogP contribution in [0.2, 0.25) is 0 Å². The van der Waals surface area contributed by atoms with Crippen LogP contribution in [0, 0.1) is 12.8 Å². The van der Waals surface area contributed by atoms with E-state index in [2.05, 4.69) is 18.9 Å². The zero-order valence-corrected chi connectivity index (χ0v) is 13.4. The highest BCUT2D eigenvalue weighted by molar-refractivity contribution is 7.99. The highest BCUT2D eigenvalue weighted by Crippen LogP contribution is 2.24. The monoisotopic (exact) mass is 304 g/mol. The smallest absolute Gasteiger partial charge is 0.313 e. The Hall–Kier alpha value is -1.75. The van der Waals surface area contributed by atoms with Crippen LogP contribution >= 0.6 is 11.8 Å². The van der Waals surface area contributed by atoms with Gasteiger partial charge in [-0.2, -0.15) is 5.10 Å². The second-order valence-electron chi connectivity index (χ2n) is 5.50. The van der Waals surface area contributed by atoms with Crippen molar-refractivity contribution >= 4 is 17.7 Å². The first-order chi connectivity index (χ1) is 9.95. The molecule has 0 aliphatic rings. The molecular formula is C16H20N2O2S. The van der Waals surface area contributed by atoms with E-state index in [0.29, 0.717) is 5.92 Å². The van der Waals surface area contributed by atoms with Gasteiger partial charge in [0.05, 0.1) is 17.1 Å². The minimum Gasteiger partial charge on any atom is -0.481 e. The molecule has 2 aromatic rings. The summed E-state index contributed by atoms with van der Waals surface area (Å²) in [4.78, 5) is 10.8. The van der Waals surface area contributed by atoms with Gasteiger partial charge in [-0.15, -0.1) is 0 Å². The van der Waals surface area contributed by atoms with Crippen molar-refractivity contribution in [3.05, 3.63) is 41.6 Å². The third-order valence-corrected chi connectivity index (χ3v) is 3.94. The first-order valence-electron chi connectivity index (χ1n) is 6.96. The van der Waals surface area contributed by atoms with Crippen LogP contribution in [-0.4, -0.2) is 26.6 Å². The van der Waals surface area contributed by atoms with E-state index in [1.165, 1.54) is 17.3 Å². The number of aromatic nitrogens is 2. The SMILES string of the molecule is Cc1ccc(-n2nc(CC(C)C)cc2SCC(=O)O)cc1. The van der Waals surface area contributed by atoms with Crippen LogP contribution in [-0.2, 0) is 11.2 Å². The van der Waals surface area contributed by atoms with Gasteiger partial charge in [-0.3, -0.25) is 4.79 Å². The lowest BCUT2D eigenvalue weighted by Gasteiger charge is -2.06. The Bertz CT molecular complexity index is 618. The first-order valence-corrected chi connectivity index (χ1v) is 7.95. The van der Waals surface area contributed by atoms with Crippen molar-refractivity contribution in [2.45, 2.75) is 32.2 Å². The molecule has 4 nitrogen and oxygen atoms in total. The summed E-state index contributed by atoms with van der Waals surface area (Å²) in [6.45, 7) is 6.33. The summed E-state index contributed by atoms with van der Waals surface area (Å²) in [5, 5.41) is 14.4. The van der Waals surface area contributed by atoms with Gasteiger partial charge >= 0.3 is 5.97 Å². The van der Waals surface area contributed by atoms with Crippen LogP contribution in [0.3, 0.4) is 0 Å². The Labute approximate surface area is 129 Å². The van der Waals surface area contributed by atoms with Gasteiger partial charge in [0.25, 0.3) is 0 Å². The topological polar surface area (TPSA) is 55.1 Å². The first kappa shape index (κ1) is 15.6. The molecule has 112 valence electrons. The molecule has 0 aliphatic heterocycles. The van der Waals surface area contributed by atoms with Crippen LogP contribution in [0.15, 0.2) is 35.4 Å². The van der Waals surface area contributed by atoms with Gasteiger partial charge in [0.15, 0.2) is 0 Å². The zero-order chi connectivity index (χ0) is 15.4. The third-order valence-electron chi connectivity index (χ3n) is 2.97. The average Bonchev–Trinajstić information content (AvgIpc) is 2.79. The quantitative estimate of drug-likeness (QED) is 0.829. The van der Waals surface area contributed by atoms with Crippen molar-refractivity contribution in [1.82, 2.24) is 9.78 Å². The van der Waals surface area contributed by atoms with Crippen LogP contribution in [0.4, 0.5) is 0 Å². The molecule has 5 heteroatoms. The molecule has 0 radical (unpaired) electrons. The molecule has 0 atom stereocenters. The van der Waals surface area contributed by atoms with Gasteiger partial charge in [-0.05, 0) is 37.5 Å². The number of carboxylic acid groups (broad SMARTS) is 1. The van der Waals surface area contributed by atoms with Gasteiger partial charge in [-0.1, -0.05) is 43.3 Å². The maximum atomic E-state index is 10.8. The minimum absolute atomic E-state index is 0.0404. The average molecular weight is 304 g/mol. The summed E-state index contributed by atoms with van der Waals surface area (Å²) in [5.41, 5.74) is 3.15. The zero-order valence-electron chi connectivity index (χ0n) is 12.5. The number of rotatable bonds is 6. The van der Waals surface area contributed by atoms with Crippen molar-refractivity contribution in [3.63, 3.8) is 0 Å². The molecule has 1 aromatic carbocycles. The molecular weight excluding hydrogens is 284 g/mol. The lowest BCUT2D eigenvalue weighted by atomic mass is 10.1. The van der Waals surface area contributed by atoms with E-state index in [9.17, 15) is 4.79 Å². The Morgan fingerprint density at radius 2 is 2.00 bits per heavy atom. The molecule has 1 heterocycles. The number of hydrogen-bond donors (Lipinski definition) is 1. The Morgan fingerprint density at radius 1 is 1.33 bits per heavy atom. The van der Waals surface area contributed by atoms with Gasteiger partial charge in [-0.25, -0.2) is 4.68 Å².